The van der Waals surface area contributed by atoms with Gasteiger partial charge in [0.15, 0.2) is 5.82 Å². The number of hydrogen-bond donors (Lipinski definition) is 3. The summed E-state index contributed by atoms with van der Waals surface area (Å²) in [5.74, 6) is -1.85. The van der Waals surface area contributed by atoms with Gasteiger partial charge in [0.2, 0.25) is 11.8 Å². The Morgan fingerprint density at radius 3 is 2.41 bits per heavy atom. The van der Waals surface area contributed by atoms with E-state index in [9.17, 15) is 18.7 Å². The van der Waals surface area contributed by atoms with Crippen molar-refractivity contribution in [3.63, 3.8) is 0 Å². The van der Waals surface area contributed by atoms with Gasteiger partial charge in [-0.2, -0.15) is 0 Å². The normalized spacial score (nSPS) is 17.5. The molecule has 9 heteroatoms. The van der Waals surface area contributed by atoms with Crippen molar-refractivity contribution in [3.05, 3.63) is 65.9 Å². The average Bonchev–Trinajstić information content (AvgIpc) is 3.27. The summed E-state index contributed by atoms with van der Waals surface area (Å²) in [6.45, 7) is 4.08. The first-order valence-electron chi connectivity index (χ1n) is 10.8. The van der Waals surface area contributed by atoms with Crippen molar-refractivity contribution in [1.82, 2.24) is 19.9 Å². The van der Waals surface area contributed by atoms with E-state index in [0.717, 1.165) is 24.1 Å². The number of amides is 1. The minimum absolute atomic E-state index is 0.0806. The van der Waals surface area contributed by atoms with Gasteiger partial charge in [-0.1, -0.05) is 18.2 Å². The molecule has 0 saturated carbocycles. The second-order valence-electron chi connectivity index (χ2n) is 9.10. The number of aromatic hydroxyl groups is 1. The lowest BCUT2D eigenvalue weighted by atomic mass is 9.91. The Morgan fingerprint density at radius 1 is 1.12 bits per heavy atom. The molecule has 7 nitrogen and oxygen atoms in total. The van der Waals surface area contributed by atoms with Gasteiger partial charge in [-0.3, -0.25) is 4.79 Å². The molecule has 3 heterocycles. The van der Waals surface area contributed by atoms with Crippen molar-refractivity contribution in [1.29, 1.82) is 0 Å². The molecule has 1 aliphatic rings. The number of aromatic nitrogens is 3. The second-order valence-corrected chi connectivity index (χ2v) is 9.10. The molecular formula is C25H23F2N5O2. The van der Waals surface area contributed by atoms with Crippen molar-refractivity contribution in [2.45, 2.75) is 31.7 Å². The SMILES string of the molecule is CN1C(=O)C(c2ccc(Nc3nc(-c4c(F)cccc4F)nc4c[nH]c(O)c34)cc2)CC1(C)C. The number of nitrogens with zero attached hydrogens (tertiary/aromatic N) is 3. The zero-order chi connectivity index (χ0) is 24.2. The molecule has 1 unspecified atom stereocenters. The zero-order valence-electron chi connectivity index (χ0n) is 18.9. The van der Waals surface area contributed by atoms with Crippen LogP contribution in [-0.4, -0.2) is 43.5 Å². The number of halogens is 2. The van der Waals surface area contributed by atoms with Crippen molar-refractivity contribution >= 4 is 28.3 Å². The maximum atomic E-state index is 14.4. The van der Waals surface area contributed by atoms with Crippen LogP contribution in [0.5, 0.6) is 5.88 Å². The van der Waals surface area contributed by atoms with Crippen molar-refractivity contribution in [3.8, 4) is 17.3 Å². The number of benzene rings is 2. The quantitative estimate of drug-likeness (QED) is 0.393. The number of fused-ring (bicyclic) bond motifs is 1. The van der Waals surface area contributed by atoms with Crippen LogP contribution in [-0.2, 0) is 4.79 Å². The Hall–Kier alpha value is -4.01. The van der Waals surface area contributed by atoms with Crippen LogP contribution in [0.1, 0.15) is 31.7 Å². The number of likely N-dealkylation sites (N-methyl/N-ethyl adjacent to an activating group) is 1. The molecular weight excluding hydrogens is 440 g/mol. The summed E-state index contributed by atoms with van der Waals surface area (Å²) in [6, 6.07) is 10.9. The summed E-state index contributed by atoms with van der Waals surface area (Å²) in [5, 5.41) is 13.7. The lowest BCUT2D eigenvalue weighted by Crippen LogP contribution is -2.37. The number of nitrogens with one attached hydrogen (secondary N) is 2. The molecule has 0 aliphatic carbocycles. The first-order chi connectivity index (χ1) is 16.2. The van der Waals surface area contributed by atoms with E-state index in [0.29, 0.717) is 16.6 Å². The Labute approximate surface area is 194 Å². The number of carbonyl (C=O) groups excluding carboxylic acids is 1. The highest BCUT2D eigenvalue weighted by Gasteiger charge is 2.43. The van der Waals surface area contributed by atoms with Crippen LogP contribution in [0.4, 0.5) is 20.3 Å². The van der Waals surface area contributed by atoms with Crippen LogP contribution in [0, 0.1) is 11.6 Å². The van der Waals surface area contributed by atoms with Crippen LogP contribution in [0.2, 0.25) is 0 Å². The molecule has 0 bridgehead atoms. The monoisotopic (exact) mass is 463 g/mol. The fourth-order valence-corrected chi connectivity index (χ4v) is 4.39. The zero-order valence-corrected chi connectivity index (χ0v) is 18.9. The van der Waals surface area contributed by atoms with Crippen LogP contribution in [0.25, 0.3) is 22.3 Å². The number of rotatable bonds is 4. The van der Waals surface area contributed by atoms with Gasteiger partial charge in [0, 0.05) is 24.5 Å². The van der Waals surface area contributed by atoms with Gasteiger partial charge in [-0.15, -0.1) is 0 Å². The summed E-state index contributed by atoms with van der Waals surface area (Å²) in [7, 11) is 1.82. The molecule has 34 heavy (non-hydrogen) atoms. The molecule has 4 aromatic rings. The van der Waals surface area contributed by atoms with Gasteiger partial charge in [0.1, 0.15) is 22.8 Å². The number of H-pyrrole nitrogens is 1. The molecule has 2 aromatic carbocycles. The topological polar surface area (TPSA) is 94.1 Å². The van der Waals surface area contributed by atoms with Gasteiger partial charge in [0.05, 0.1) is 17.0 Å². The standard InChI is InChI=1S/C25H23F2N5O2/c1-25(2)11-15(24(34)32(25)3)13-7-9-14(10-8-13)29-22-20-18(12-28-23(20)33)30-21(31-22)19-16(26)5-4-6-17(19)27/h4-10,12,15,28,33H,11H2,1-3H3,(H,29,30,31). The van der Waals surface area contributed by atoms with Gasteiger partial charge >= 0.3 is 0 Å². The lowest BCUT2D eigenvalue weighted by molar-refractivity contribution is -0.130. The highest BCUT2D eigenvalue weighted by Crippen LogP contribution is 2.39. The van der Waals surface area contributed by atoms with E-state index >= 15 is 0 Å². The summed E-state index contributed by atoms with van der Waals surface area (Å²) < 4.78 is 28.8. The van der Waals surface area contributed by atoms with Crippen LogP contribution < -0.4 is 5.32 Å². The molecule has 1 atom stereocenters. The van der Waals surface area contributed by atoms with E-state index in [1.807, 2.05) is 33.0 Å². The minimum Gasteiger partial charge on any atom is -0.494 e. The molecule has 174 valence electrons. The third-order valence-corrected chi connectivity index (χ3v) is 6.52. The third-order valence-electron chi connectivity index (χ3n) is 6.52. The van der Waals surface area contributed by atoms with Crippen molar-refractivity contribution in [2.24, 2.45) is 0 Å². The fourth-order valence-electron chi connectivity index (χ4n) is 4.39. The fraction of sp³-hybridized carbons (Fsp3) is 0.240. The smallest absolute Gasteiger partial charge is 0.230 e. The predicted molar refractivity (Wildman–Crippen MR) is 125 cm³/mol. The summed E-state index contributed by atoms with van der Waals surface area (Å²) in [4.78, 5) is 25.7. The van der Waals surface area contributed by atoms with E-state index in [1.165, 1.54) is 12.3 Å². The molecule has 5 rings (SSSR count). The van der Waals surface area contributed by atoms with Crippen LogP contribution in [0.3, 0.4) is 0 Å². The number of aromatic amines is 1. The first-order valence-corrected chi connectivity index (χ1v) is 10.8. The van der Waals surface area contributed by atoms with Gasteiger partial charge in [0.25, 0.3) is 0 Å². The van der Waals surface area contributed by atoms with Gasteiger partial charge in [-0.25, -0.2) is 18.7 Å². The molecule has 1 saturated heterocycles. The number of hydrogen-bond acceptors (Lipinski definition) is 5. The van der Waals surface area contributed by atoms with Crippen molar-refractivity contribution in [2.75, 3.05) is 12.4 Å². The number of anilines is 2. The van der Waals surface area contributed by atoms with E-state index < -0.39 is 11.6 Å². The average molecular weight is 463 g/mol. The highest BCUT2D eigenvalue weighted by atomic mass is 19.1. The Bertz CT molecular complexity index is 1390. The molecule has 1 aliphatic heterocycles. The summed E-state index contributed by atoms with van der Waals surface area (Å²) in [5.41, 5.74) is 1.26. The predicted octanol–water partition coefficient (Wildman–Crippen LogP) is 5.08. The van der Waals surface area contributed by atoms with E-state index in [-0.39, 0.29) is 40.4 Å². The highest BCUT2D eigenvalue weighted by molar-refractivity contribution is 5.96. The van der Waals surface area contributed by atoms with E-state index in [4.69, 9.17) is 0 Å². The molecule has 3 N–H and O–H groups in total. The Kier molecular flexibility index (Phi) is 5.00. The maximum absolute atomic E-state index is 14.4. The molecule has 0 radical (unpaired) electrons. The van der Waals surface area contributed by atoms with E-state index in [1.54, 1.807) is 17.0 Å². The number of carbonyl (C=O) groups is 1. The van der Waals surface area contributed by atoms with Crippen LogP contribution >= 0.6 is 0 Å². The maximum Gasteiger partial charge on any atom is 0.230 e. The summed E-state index contributed by atoms with van der Waals surface area (Å²) in [6.07, 6.45) is 2.16. The first kappa shape index (κ1) is 21.8. The van der Waals surface area contributed by atoms with Gasteiger partial charge in [-0.05, 0) is 50.1 Å². The molecule has 0 spiro atoms. The molecule has 2 aromatic heterocycles. The minimum atomic E-state index is -0.788. The Balaban J connectivity index is 1.51. The number of likely N-dealkylation sites (tertiary alicyclic amines) is 1. The van der Waals surface area contributed by atoms with Crippen LogP contribution in [0.15, 0.2) is 48.7 Å². The van der Waals surface area contributed by atoms with E-state index in [2.05, 4.69) is 20.3 Å². The summed E-state index contributed by atoms with van der Waals surface area (Å²) >= 11 is 0. The third kappa shape index (κ3) is 3.53. The Morgan fingerprint density at radius 2 is 1.79 bits per heavy atom. The molecule has 1 amide bonds. The van der Waals surface area contributed by atoms with Gasteiger partial charge < -0.3 is 20.3 Å². The lowest BCUT2D eigenvalue weighted by Gasteiger charge is -2.26. The largest absolute Gasteiger partial charge is 0.494 e. The molecule has 1 fully saturated rings. The van der Waals surface area contributed by atoms with Crippen molar-refractivity contribution < 1.29 is 18.7 Å². The second kappa shape index (κ2) is 7.79.